The second-order valence-corrected chi connectivity index (χ2v) is 6.17. The Morgan fingerprint density at radius 3 is 2.53 bits per heavy atom. The summed E-state index contributed by atoms with van der Waals surface area (Å²) in [6, 6.07) is 4.89. The zero-order valence-electron chi connectivity index (χ0n) is 11.5. The summed E-state index contributed by atoms with van der Waals surface area (Å²) in [6.45, 7) is 4.70. The minimum absolute atomic E-state index is 0.345. The largest absolute Gasteiger partial charge is 0.486 e. The van der Waals surface area contributed by atoms with Crippen LogP contribution in [0.15, 0.2) is 12.1 Å². The highest BCUT2D eigenvalue weighted by molar-refractivity contribution is 5.53. The fraction of sp³-hybridized carbons (Fsp3) is 0.625. The molecule has 1 spiro atoms. The van der Waals surface area contributed by atoms with E-state index in [1.54, 1.807) is 0 Å². The quantitative estimate of drug-likeness (QED) is 0.777. The average Bonchev–Trinajstić information content (AvgIpc) is 2.92. The van der Waals surface area contributed by atoms with Gasteiger partial charge in [-0.3, -0.25) is 0 Å². The highest BCUT2D eigenvalue weighted by Crippen LogP contribution is 2.49. The Labute approximate surface area is 114 Å². The fourth-order valence-corrected chi connectivity index (χ4v) is 3.97. The van der Waals surface area contributed by atoms with Crippen molar-refractivity contribution in [3.05, 3.63) is 23.3 Å². The van der Waals surface area contributed by atoms with Crippen molar-refractivity contribution < 1.29 is 9.47 Å². The molecule has 1 aromatic rings. The molecule has 0 amide bonds. The third kappa shape index (κ3) is 1.68. The highest BCUT2D eigenvalue weighted by atomic mass is 16.6. The number of nitrogens with one attached hydrogen (secondary N) is 1. The predicted molar refractivity (Wildman–Crippen MR) is 74.0 cm³/mol. The Bertz CT molecular complexity index is 506. The summed E-state index contributed by atoms with van der Waals surface area (Å²) in [6.07, 6.45) is 5.31. The molecule has 2 heterocycles. The van der Waals surface area contributed by atoms with E-state index in [1.165, 1.54) is 36.8 Å². The van der Waals surface area contributed by atoms with E-state index in [0.29, 0.717) is 24.7 Å². The SMILES string of the molecule is C[C@H]1NCC2(CCCC2)c2cc3c(cc21)OCCO3. The highest BCUT2D eigenvalue weighted by Gasteiger charge is 2.41. The van der Waals surface area contributed by atoms with Crippen LogP contribution in [0.5, 0.6) is 11.5 Å². The first-order valence-corrected chi connectivity index (χ1v) is 7.46. The minimum Gasteiger partial charge on any atom is -0.486 e. The van der Waals surface area contributed by atoms with E-state index in [-0.39, 0.29) is 0 Å². The van der Waals surface area contributed by atoms with E-state index in [0.717, 1.165) is 18.0 Å². The van der Waals surface area contributed by atoms with Gasteiger partial charge in [0.2, 0.25) is 0 Å². The Hall–Kier alpha value is -1.22. The number of hydrogen-bond acceptors (Lipinski definition) is 3. The lowest BCUT2D eigenvalue weighted by Gasteiger charge is -2.40. The van der Waals surface area contributed by atoms with Gasteiger partial charge in [-0.2, -0.15) is 0 Å². The summed E-state index contributed by atoms with van der Waals surface area (Å²) < 4.78 is 11.5. The normalized spacial score (nSPS) is 27.3. The molecule has 0 radical (unpaired) electrons. The lowest BCUT2D eigenvalue weighted by Crippen LogP contribution is -2.43. The molecule has 3 aliphatic rings. The van der Waals surface area contributed by atoms with E-state index in [9.17, 15) is 0 Å². The van der Waals surface area contributed by atoms with Crippen LogP contribution >= 0.6 is 0 Å². The molecule has 19 heavy (non-hydrogen) atoms. The van der Waals surface area contributed by atoms with Crippen molar-refractivity contribution in [2.75, 3.05) is 19.8 Å². The maximum atomic E-state index is 5.78. The van der Waals surface area contributed by atoms with Crippen LogP contribution in [0.1, 0.15) is 49.8 Å². The maximum Gasteiger partial charge on any atom is 0.161 e. The molecule has 1 fully saturated rings. The number of rotatable bonds is 0. The molecule has 1 saturated carbocycles. The lowest BCUT2D eigenvalue weighted by atomic mass is 9.72. The summed E-state index contributed by atoms with van der Waals surface area (Å²) in [5.41, 5.74) is 3.27. The van der Waals surface area contributed by atoms with Gasteiger partial charge in [-0.25, -0.2) is 0 Å². The van der Waals surface area contributed by atoms with Crippen molar-refractivity contribution in [2.24, 2.45) is 0 Å². The van der Waals surface area contributed by atoms with Gasteiger partial charge >= 0.3 is 0 Å². The van der Waals surface area contributed by atoms with Crippen LogP contribution in [0.4, 0.5) is 0 Å². The maximum absolute atomic E-state index is 5.78. The Balaban J connectivity index is 1.87. The summed E-state index contributed by atoms with van der Waals surface area (Å²) in [5, 5.41) is 3.68. The van der Waals surface area contributed by atoms with Crippen LogP contribution < -0.4 is 14.8 Å². The molecule has 1 aromatic carbocycles. The van der Waals surface area contributed by atoms with Crippen molar-refractivity contribution in [1.29, 1.82) is 0 Å². The van der Waals surface area contributed by atoms with Gasteiger partial charge in [-0.15, -0.1) is 0 Å². The van der Waals surface area contributed by atoms with E-state index >= 15 is 0 Å². The second-order valence-electron chi connectivity index (χ2n) is 6.17. The first kappa shape index (κ1) is 11.6. The van der Waals surface area contributed by atoms with Crippen LogP contribution in [0, 0.1) is 0 Å². The predicted octanol–water partition coefficient (Wildman–Crippen LogP) is 2.93. The van der Waals surface area contributed by atoms with E-state index < -0.39 is 0 Å². The lowest BCUT2D eigenvalue weighted by molar-refractivity contribution is 0.170. The molecule has 1 N–H and O–H groups in total. The molecule has 2 aliphatic heterocycles. The summed E-state index contributed by atoms with van der Waals surface area (Å²) in [4.78, 5) is 0. The van der Waals surface area contributed by atoms with Crippen LogP contribution in [0.2, 0.25) is 0 Å². The van der Waals surface area contributed by atoms with Crippen molar-refractivity contribution in [3.8, 4) is 11.5 Å². The Morgan fingerprint density at radius 1 is 1.11 bits per heavy atom. The van der Waals surface area contributed by atoms with Crippen molar-refractivity contribution >= 4 is 0 Å². The molecule has 0 saturated heterocycles. The molecule has 1 aliphatic carbocycles. The van der Waals surface area contributed by atoms with Gasteiger partial charge in [0.1, 0.15) is 13.2 Å². The monoisotopic (exact) mass is 259 g/mol. The first-order valence-electron chi connectivity index (χ1n) is 7.46. The molecule has 0 aromatic heterocycles. The summed E-state index contributed by atoms with van der Waals surface area (Å²) in [5.74, 6) is 1.87. The molecule has 4 rings (SSSR count). The number of hydrogen-bond donors (Lipinski definition) is 1. The third-order valence-corrected chi connectivity index (χ3v) is 5.06. The number of fused-ring (bicyclic) bond motifs is 3. The van der Waals surface area contributed by atoms with Gasteiger partial charge in [-0.05, 0) is 43.0 Å². The average molecular weight is 259 g/mol. The fourth-order valence-electron chi connectivity index (χ4n) is 3.97. The van der Waals surface area contributed by atoms with Gasteiger partial charge in [0.05, 0.1) is 0 Å². The smallest absolute Gasteiger partial charge is 0.161 e. The van der Waals surface area contributed by atoms with Gasteiger partial charge < -0.3 is 14.8 Å². The third-order valence-electron chi connectivity index (χ3n) is 5.06. The summed E-state index contributed by atoms with van der Waals surface area (Å²) >= 11 is 0. The van der Waals surface area contributed by atoms with Gasteiger partial charge in [0.25, 0.3) is 0 Å². The zero-order chi connectivity index (χ0) is 12.9. The van der Waals surface area contributed by atoms with Crippen molar-refractivity contribution in [2.45, 2.75) is 44.1 Å². The van der Waals surface area contributed by atoms with E-state index in [1.807, 2.05) is 0 Å². The molecule has 102 valence electrons. The summed E-state index contributed by atoms with van der Waals surface area (Å²) in [7, 11) is 0. The van der Waals surface area contributed by atoms with Crippen LogP contribution in [0.25, 0.3) is 0 Å². The Morgan fingerprint density at radius 2 is 1.79 bits per heavy atom. The van der Waals surface area contributed by atoms with Crippen LogP contribution in [0.3, 0.4) is 0 Å². The molecule has 1 atom stereocenters. The van der Waals surface area contributed by atoms with E-state index in [4.69, 9.17) is 9.47 Å². The van der Waals surface area contributed by atoms with Crippen LogP contribution in [-0.2, 0) is 5.41 Å². The van der Waals surface area contributed by atoms with Crippen molar-refractivity contribution in [3.63, 3.8) is 0 Å². The molecule has 0 unspecified atom stereocenters. The molecule has 3 nitrogen and oxygen atoms in total. The van der Waals surface area contributed by atoms with Crippen LogP contribution in [-0.4, -0.2) is 19.8 Å². The van der Waals surface area contributed by atoms with Gasteiger partial charge in [-0.1, -0.05) is 12.8 Å². The number of ether oxygens (including phenoxy) is 2. The first-order chi connectivity index (χ1) is 9.28. The van der Waals surface area contributed by atoms with E-state index in [2.05, 4.69) is 24.4 Å². The standard InChI is InChI=1S/C16H21NO2/c1-11-12-8-14-15(19-7-6-18-14)9-13(12)16(10-17-11)4-2-3-5-16/h8-9,11,17H,2-7,10H2,1H3/t11-/m1/s1. The number of benzene rings is 1. The van der Waals surface area contributed by atoms with Crippen molar-refractivity contribution in [1.82, 2.24) is 5.32 Å². The molecular weight excluding hydrogens is 238 g/mol. The van der Waals surface area contributed by atoms with Gasteiger partial charge in [0.15, 0.2) is 11.5 Å². The minimum atomic E-state index is 0.345. The topological polar surface area (TPSA) is 30.5 Å². The van der Waals surface area contributed by atoms with Gasteiger partial charge in [0, 0.05) is 18.0 Å². The zero-order valence-corrected chi connectivity index (χ0v) is 11.5. The molecule has 0 bridgehead atoms. The second kappa shape index (κ2) is 4.14. The molecule has 3 heteroatoms. The molecular formula is C16H21NO2. The Kier molecular flexibility index (Phi) is 2.52.